The third kappa shape index (κ3) is 3.88. The monoisotopic (exact) mass is 262 g/mol. The minimum absolute atomic E-state index is 0.00499. The molecule has 0 saturated heterocycles. The molecule has 8 heteroatoms. The number of anilines is 1. The van der Waals surface area contributed by atoms with Crippen LogP contribution in [0.2, 0.25) is 0 Å². The van der Waals surface area contributed by atoms with E-state index in [1.54, 1.807) is 10.8 Å². The Morgan fingerprint density at radius 3 is 2.41 bits per heavy atom. The molecule has 0 aromatic heterocycles. The number of benzene rings is 1. The smallest absolute Gasteiger partial charge is 0.355 e. The van der Waals surface area contributed by atoms with Crippen molar-refractivity contribution in [2.24, 2.45) is 0 Å². The molecule has 0 aliphatic rings. The van der Waals surface area contributed by atoms with Gasteiger partial charge in [0, 0.05) is 5.69 Å². The maximum Gasteiger partial charge on any atom is 0.355 e. The molecule has 0 aliphatic heterocycles. The van der Waals surface area contributed by atoms with Gasteiger partial charge in [0.05, 0.1) is 0 Å². The number of nitrogens with zero attached hydrogens (tertiary/aromatic N) is 1. The second-order valence-electron chi connectivity index (χ2n) is 2.88. The first-order valence-corrected chi connectivity index (χ1v) is 5.90. The largest absolute Gasteiger partial charge is 0.479 e. The van der Waals surface area contributed by atoms with Gasteiger partial charge in [-0.05, 0) is 24.3 Å². The highest BCUT2D eigenvalue weighted by molar-refractivity contribution is 7.93. The van der Waals surface area contributed by atoms with Gasteiger partial charge in [-0.2, -0.15) is 14.0 Å². The molecule has 0 fully saturated rings. The number of hydrogen-bond donors (Lipinski definition) is 1. The first-order valence-electron chi connectivity index (χ1n) is 4.35. The maximum atomic E-state index is 12.0. The molecular weight excluding hydrogens is 254 g/mol. The Labute approximate surface area is 96.7 Å². The number of hydrogen-bond acceptors (Lipinski definition) is 4. The Morgan fingerprint density at radius 1 is 1.35 bits per heavy atom. The lowest BCUT2D eigenvalue weighted by Crippen LogP contribution is -2.20. The fraction of sp³-hybridized carbons (Fsp3) is 0.222. The van der Waals surface area contributed by atoms with Crippen LogP contribution in [0.3, 0.4) is 0 Å². The number of nitriles is 1. The first kappa shape index (κ1) is 13.2. The number of sulfonamides is 1. The summed E-state index contributed by atoms with van der Waals surface area (Å²) in [7, 11) is -4.66. The summed E-state index contributed by atoms with van der Waals surface area (Å²) in [6.45, 7) is -0.151. The van der Waals surface area contributed by atoms with E-state index in [-0.39, 0.29) is 12.3 Å². The van der Waals surface area contributed by atoms with E-state index in [1.807, 2.05) is 0 Å². The molecule has 92 valence electrons. The molecule has 1 rings (SSSR count). The zero-order valence-electron chi connectivity index (χ0n) is 8.43. The number of halogens is 2. The average Bonchev–Trinajstić information content (AvgIpc) is 2.27. The van der Waals surface area contributed by atoms with E-state index in [0.717, 1.165) is 0 Å². The van der Waals surface area contributed by atoms with Crippen molar-refractivity contribution < 1.29 is 21.9 Å². The molecular formula is C9H8F2N2O3S. The minimum atomic E-state index is -4.66. The lowest BCUT2D eigenvalue weighted by atomic mass is 10.3. The van der Waals surface area contributed by atoms with E-state index >= 15 is 0 Å². The van der Waals surface area contributed by atoms with Gasteiger partial charge in [-0.15, -0.1) is 0 Å². The molecule has 1 N–H and O–H groups in total. The topological polar surface area (TPSA) is 79.2 Å². The number of ether oxygens (including phenoxy) is 1. The molecule has 0 spiro atoms. The standard InChI is InChI=1S/C9H8F2N2O3S/c10-9(11)17(14,15)13-7-1-3-8(4-2-7)16-6-5-12/h1-4,9,13H,6H2. The molecule has 0 saturated carbocycles. The normalized spacial score (nSPS) is 10.9. The molecule has 5 nitrogen and oxygen atoms in total. The third-order valence-corrected chi connectivity index (χ3v) is 2.64. The maximum absolute atomic E-state index is 12.0. The molecule has 0 amide bonds. The van der Waals surface area contributed by atoms with Crippen molar-refractivity contribution in [1.82, 2.24) is 0 Å². The van der Waals surface area contributed by atoms with Crippen molar-refractivity contribution in [1.29, 1.82) is 5.26 Å². The van der Waals surface area contributed by atoms with Crippen molar-refractivity contribution in [3.8, 4) is 11.8 Å². The molecule has 0 radical (unpaired) electrons. The van der Waals surface area contributed by atoms with Gasteiger partial charge >= 0.3 is 5.76 Å². The lowest BCUT2D eigenvalue weighted by molar-refractivity contribution is 0.236. The van der Waals surface area contributed by atoms with Crippen molar-refractivity contribution in [3.05, 3.63) is 24.3 Å². The van der Waals surface area contributed by atoms with Crippen LogP contribution in [0.25, 0.3) is 0 Å². The summed E-state index contributed by atoms with van der Waals surface area (Å²) in [5, 5.41) is 8.25. The van der Waals surface area contributed by atoms with Gasteiger partial charge in [-0.25, -0.2) is 8.42 Å². The van der Waals surface area contributed by atoms with E-state index in [2.05, 4.69) is 0 Å². The fourth-order valence-electron chi connectivity index (χ4n) is 0.944. The SMILES string of the molecule is N#CCOc1ccc(NS(=O)(=O)C(F)F)cc1. The van der Waals surface area contributed by atoms with Crippen molar-refractivity contribution in [2.45, 2.75) is 5.76 Å². The molecule has 17 heavy (non-hydrogen) atoms. The van der Waals surface area contributed by atoms with Crippen LogP contribution >= 0.6 is 0 Å². The van der Waals surface area contributed by atoms with Crippen LogP contribution in [0.5, 0.6) is 5.75 Å². The second-order valence-corrected chi connectivity index (χ2v) is 4.53. The quantitative estimate of drug-likeness (QED) is 0.873. The number of nitrogens with one attached hydrogen (secondary N) is 1. The minimum Gasteiger partial charge on any atom is -0.479 e. The van der Waals surface area contributed by atoms with Crippen LogP contribution in [0.4, 0.5) is 14.5 Å². The zero-order chi connectivity index (χ0) is 12.9. The molecule has 0 bridgehead atoms. The van der Waals surface area contributed by atoms with Gasteiger partial charge in [0.2, 0.25) is 0 Å². The van der Waals surface area contributed by atoms with E-state index in [9.17, 15) is 17.2 Å². The summed E-state index contributed by atoms with van der Waals surface area (Å²) in [5.74, 6) is -3.15. The molecule has 0 aliphatic carbocycles. The summed E-state index contributed by atoms with van der Waals surface area (Å²) in [6.07, 6.45) is 0. The predicted octanol–water partition coefficient (Wildman–Crippen LogP) is 1.55. The summed E-state index contributed by atoms with van der Waals surface area (Å²) in [4.78, 5) is 0. The van der Waals surface area contributed by atoms with Crippen molar-refractivity contribution >= 4 is 15.7 Å². The van der Waals surface area contributed by atoms with Gasteiger partial charge in [0.15, 0.2) is 6.61 Å². The van der Waals surface area contributed by atoms with Gasteiger partial charge in [-0.3, -0.25) is 4.72 Å². The van der Waals surface area contributed by atoms with E-state index in [1.165, 1.54) is 24.3 Å². The van der Waals surface area contributed by atoms with Gasteiger partial charge in [0.1, 0.15) is 11.8 Å². The summed E-state index contributed by atoms with van der Waals surface area (Å²) in [5.41, 5.74) is -0.00499. The Bertz CT molecular complexity index is 508. The van der Waals surface area contributed by atoms with Crippen LogP contribution in [0.1, 0.15) is 0 Å². The highest BCUT2D eigenvalue weighted by Crippen LogP contribution is 2.18. The molecule has 1 aromatic rings. The van der Waals surface area contributed by atoms with Crippen LogP contribution < -0.4 is 9.46 Å². The van der Waals surface area contributed by atoms with Gasteiger partial charge in [-0.1, -0.05) is 0 Å². The summed E-state index contributed by atoms with van der Waals surface area (Å²) in [6, 6.07) is 6.99. The van der Waals surface area contributed by atoms with Crippen molar-refractivity contribution in [2.75, 3.05) is 11.3 Å². The van der Waals surface area contributed by atoms with Gasteiger partial charge < -0.3 is 4.74 Å². The first-order chi connectivity index (χ1) is 7.95. The van der Waals surface area contributed by atoms with E-state index in [4.69, 9.17) is 10.00 Å². The number of rotatable bonds is 5. The Hall–Kier alpha value is -1.88. The zero-order valence-corrected chi connectivity index (χ0v) is 9.25. The molecule has 0 atom stereocenters. The number of alkyl halides is 2. The summed E-state index contributed by atoms with van der Waals surface area (Å²) >= 11 is 0. The van der Waals surface area contributed by atoms with Gasteiger partial charge in [0.25, 0.3) is 10.0 Å². The van der Waals surface area contributed by atoms with E-state index < -0.39 is 15.8 Å². The van der Waals surface area contributed by atoms with Crippen LogP contribution in [-0.2, 0) is 10.0 Å². The lowest BCUT2D eigenvalue weighted by Gasteiger charge is -2.07. The Kier molecular flexibility index (Phi) is 4.23. The Balaban J connectivity index is 2.73. The van der Waals surface area contributed by atoms with Crippen LogP contribution in [-0.4, -0.2) is 20.8 Å². The van der Waals surface area contributed by atoms with Crippen LogP contribution in [0.15, 0.2) is 24.3 Å². The second kappa shape index (κ2) is 5.45. The summed E-state index contributed by atoms with van der Waals surface area (Å²) < 4.78 is 52.3. The average molecular weight is 262 g/mol. The van der Waals surface area contributed by atoms with Crippen LogP contribution in [0, 0.1) is 11.3 Å². The highest BCUT2D eigenvalue weighted by Gasteiger charge is 2.23. The molecule has 0 unspecified atom stereocenters. The third-order valence-electron chi connectivity index (χ3n) is 1.65. The molecule has 0 heterocycles. The Morgan fingerprint density at radius 2 is 1.94 bits per heavy atom. The van der Waals surface area contributed by atoms with Crippen molar-refractivity contribution in [3.63, 3.8) is 0 Å². The molecule has 1 aromatic carbocycles. The highest BCUT2D eigenvalue weighted by atomic mass is 32.2. The van der Waals surface area contributed by atoms with E-state index in [0.29, 0.717) is 5.75 Å². The predicted molar refractivity (Wildman–Crippen MR) is 56.1 cm³/mol. The fourth-order valence-corrected chi connectivity index (χ4v) is 1.50.